The molecule has 0 aliphatic heterocycles. The molecule has 3 aromatic rings. The van der Waals surface area contributed by atoms with E-state index < -0.39 is 9.84 Å². The van der Waals surface area contributed by atoms with Gasteiger partial charge < -0.3 is 9.73 Å². The number of anilines is 1. The van der Waals surface area contributed by atoms with Gasteiger partial charge in [-0.3, -0.25) is 0 Å². The molecule has 0 atom stereocenters. The number of halogens is 1. The zero-order valence-corrected chi connectivity index (χ0v) is 16.7. The van der Waals surface area contributed by atoms with Crippen LogP contribution in [-0.4, -0.2) is 19.9 Å². The fourth-order valence-electron chi connectivity index (χ4n) is 2.21. The van der Waals surface area contributed by atoms with Crippen LogP contribution in [-0.2, 0) is 9.84 Å². The quantitative estimate of drug-likeness (QED) is 0.510. The molecule has 0 unspecified atom stereocenters. The highest BCUT2D eigenvalue weighted by Gasteiger charge is 2.28. The zero-order chi connectivity index (χ0) is 17.9. The smallest absolute Gasteiger partial charge is 0.240 e. The second kappa shape index (κ2) is 7.72. The van der Waals surface area contributed by atoms with Gasteiger partial charge in [0.15, 0.2) is 0 Å². The molecule has 2 aromatic heterocycles. The molecule has 0 radical (unpaired) electrons. The van der Waals surface area contributed by atoms with E-state index in [4.69, 9.17) is 4.42 Å². The second-order valence-corrected chi connectivity index (χ2v) is 9.10. The maximum Gasteiger partial charge on any atom is 0.240 e. The summed E-state index contributed by atoms with van der Waals surface area (Å²) in [5.74, 6) is 0.504. The van der Waals surface area contributed by atoms with Crippen LogP contribution in [0.2, 0.25) is 0 Å². The van der Waals surface area contributed by atoms with Crippen LogP contribution in [0.3, 0.4) is 0 Å². The van der Waals surface area contributed by atoms with Crippen LogP contribution in [0.4, 0.5) is 5.88 Å². The minimum atomic E-state index is -3.78. The minimum Gasteiger partial charge on any atom is -0.418 e. The van der Waals surface area contributed by atoms with E-state index in [9.17, 15) is 8.42 Å². The van der Waals surface area contributed by atoms with E-state index in [1.54, 1.807) is 24.3 Å². The van der Waals surface area contributed by atoms with Crippen LogP contribution in [0, 0.1) is 0 Å². The number of unbranched alkanes of at least 4 members (excludes halogenated alkanes) is 1. The molecule has 3 rings (SSSR count). The summed E-state index contributed by atoms with van der Waals surface area (Å²) in [7, 11) is -3.78. The normalized spacial score (nSPS) is 11.6. The summed E-state index contributed by atoms with van der Waals surface area (Å²) in [5.41, 5.74) is 0. The van der Waals surface area contributed by atoms with Gasteiger partial charge in [-0.25, -0.2) is 8.42 Å². The largest absolute Gasteiger partial charge is 0.418 e. The van der Waals surface area contributed by atoms with Crippen molar-refractivity contribution in [2.24, 2.45) is 0 Å². The van der Waals surface area contributed by atoms with Gasteiger partial charge in [0.1, 0.15) is 0 Å². The fourth-order valence-corrected chi connectivity index (χ4v) is 4.40. The van der Waals surface area contributed by atoms with E-state index in [2.05, 4.69) is 33.2 Å². The van der Waals surface area contributed by atoms with Crippen molar-refractivity contribution >= 4 is 43.0 Å². The van der Waals surface area contributed by atoms with E-state index in [1.807, 2.05) is 17.5 Å². The molecular weight excluding hydrogens is 424 g/mol. The highest BCUT2D eigenvalue weighted by atomic mass is 79.9. The number of sulfone groups is 1. The fraction of sp³-hybridized carbons (Fsp3) is 0.235. The van der Waals surface area contributed by atoms with Crippen molar-refractivity contribution in [3.8, 4) is 10.8 Å². The summed E-state index contributed by atoms with van der Waals surface area (Å²) in [6, 6.07) is 10.2. The number of hydrogen-bond donors (Lipinski definition) is 1. The summed E-state index contributed by atoms with van der Waals surface area (Å²) in [4.78, 5) is 5.25. The Balaban J connectivity index is 2.04. The predicted octanol–water partition coefficient (Wildman–Crippen LogP) is 5.21. The number of benzene rings is 1. The molecule has 1 N–H and O–H groups in total. The number of oxazole rings is 1. The second-order valence-electron chi connectivity index (χ2n) is 5.37. The number of thiophene rings is 1. The van der Waals surface area contributed by atoms with Gasteiger partial charge in [-0.15, -0.1) is 11.3 Å². The van der Waals surface area contributed by atoms with Crippen molar-refractivity contribution < 1.29 is 12.8 Å². The first kappa shape index (κ1) is 18.2. The van der Waals surface area contributed by atoms with Gasteiger partial charge in [-0.2, -0.15) is 4.98 Å². The third-order valence-corrected chi connectivity index (χ3v) is 6.59. The molecule has 0 fully saturated rings. The van der Waals surface area contributed by atoms with Gasteiger partial charge in [0.2, 0.25) is 26.6 Å². The van der Waals surface area contributed by atoms with Crippen LogP contribution in [0.15, 0.2) is 60.6 Å². The zero-order valence-electron chi connectivity index (χ0n) is 13.5. The molecule has 0 amide bonds. The number of aromatic nitrogens is 1. The van der Waals surface area contributed by atoms with Gasteiger partial charge in [-0.1, -0.05) is 35.3 Å². The predicted molar refractivity (Wildman–Crippen MR) is 103 cm³/mol. The SMILES string of the molecule is CCCCNc1oc(-c2cccs2)nc1S(=O)(=O)c1ccc(Br)cc1. The highest BCUT2D eigenvalue weighted by molar-refractivity contribution is 9.10. The number of nitrogens with zero attached hydrogens (tertiary/aromatic N) is 1. The third kappa shape index (κ3) is 3.96. The van der Waals surface area contributed by atoms with Gasteiger partial charge >= 0.3 is 0 Å². The molecule has 0 spiro atoms. The lowest BCUT2D eigenvalue weighted by atomic mass is 10.3. The van der Waals surface area contributed by atoms with Crippen molar-refractivity contribution in [1.29, 1.82) is 0 Å². The molecule has 1 aromatic carbocycles. The summed E-state index contributed by atoms with van der Waals surface area (Å²) < 4.78 is 32.6. The molecule has 0 saturated carbocycles. The molecule has 25 heavy (non-hydrogen) atoms. The lowest BCUT2D eigenvalue weighted by Gasteiger charge is -2.05. The Labute approximate surface area is 159 Å². The first-order valence-electron chi connectivity index (χ1n) is 7.81. The molecule has 5 nitrogen and oxygen atoms in total. The lowest BCUT2D eigenvalue weighted by Crippen LogP contribution is -2.08. The van der Waals surface area contributed by atoms with Crippen LogP contribution in [0.5, 0.6) is 0 Å². The summed E-state index contributed by atoms with van der Waals surface area (Å²) >= 11 is 4.77. The van der Waals surface area contributed by atoms with E-state index in [-0.39, 0.29) is 15.8 Å². The Morgan fingerprint density at radius 2 is 2.00 bits per heavy atom. The monoisotopic (exact) mass is 440 g/mol. The minimum absolute atomic E-state index is 0.0747. The van der Waals surface area contributed by atoms with E-state index in [0.29, 0.717) is 12.4 Å². The number of rotatable bonds is 7. The molecule has 0 aliphatic rings. The Bertz CT molecular complexity index is 933. The van der Waals surface area contributed by atoms with Crippen LogP contribution < -0.4 is 5.32 Å². The maximum absolute atomic E-state index is 13.0. The van der Waals surface area contributed by atoms with Gasteiger partial charge in [-0.05, 0) is 42.1 Å². The lowest BCUT2D eigenvalue weighted by molar-refractivity contribution is 0.576. The highest BCUT2D eigenvalue weighted by Crippen LogP contribution is 2.34. The van der Waals surface area contributed by atoms with Crippen molar-refractivity contribution in [2.75, 3.05) is 11.9 Å². The van der Waals surface area contributed by atoms with Crippen molar-refractivity contribution in [1.82, 2.24) is 4.98 Å². The Hall–Kier alpha value is -1.64. The van der Waals surface area contributed by atoms with Crippen molar-refractivity contribution in [3.05, 3.63) is 46.3 Å². The Morgan fingerprint density at radius 1 is 1.24 bits per heavy atom. The Kier molecular flexibility index (Phi) is 5.61. The molecule has 0 saturated heterocycles. The average Bonchev–Trinajstić information content (AvgIpc) is 3.25. The van der Waals surface area contributed by atoms with Crippen LogP contribution in [0.25, 0.3) is 10.8 Å². The number of nitrogens with one attached hydrogen (secondary N) is 1. The molecule has 8 heteroatoms. The van der Waals surface area contributed by atoms with Crippen LogP contribution in [0.1, 0.15) is 19.8 Å². The molecule has 2 heterocycles. The average molecular weight is 441 g/mol. The van der Waals surface area contributed by atoms with E-state index >= 15 is 0 Å². The summed E-state index contributed by atoms with van der Waals surface area (Å²) in [5, 5.41) is 4.89. The summed E-state index contributed by atoms with van der Waals surface area (Å²) in [6.45, 7) is 2.69. The molecule has 0 bridgehead atoms. The number of hydrogen-bond acceptors (Lipinski definition) is 6. The Morgan fingerprint density at radius 3 is 2.64 bits per heavy atom. The van der Waals surface area contributed by atoms with E-state index in [1.165, 1.54) is 11.3 Å². The first-order chi connectivity index (χ1) is 12.0. The van der Waals surface area contributed by atoms with E-state index in [0.717, 1.165) is 22.2 Å². The topological polar surface area (TPSA) is 72.2 Å². The molecule has 132 valence electrons. The summed E-state index contributed by atoms with van der Waals surface area (Å²) in [6.07, 6.45) is 1.90. The van der Waals surface area contributed by atoms with Gasteiger partial charge in [0.05, 0.1) is 9.77 Å². The maximum atomic E-state index is 13.0. The van der Waals surface area contributed by atoms with Crippen LogP contribution >= 0.6 is 27.3 Å². The molecular formula is C17H17BrN2O3S2. The van der Waals surface area contributed by atoms with Gasteiger partial charge in [0, 0.05) is 11.0 Å². The van der Waals surface area contributed by atoms with Crippen molar-refractivity contribution in [3.63, 3.8) is 0 Å². The van der Waals surface area contributed by atoms with Gasteiger partial charge in [0.25, 0.3) is 0 Å². The third-order valence-electron chi connectivity index (χ3n) is 3.52. The molecule has 0 aliphatic carbocycles. The first-order valence-corrected chi connectivity index (χ1v) is 11.0. The van der Waals surface area contributed by atoms with Crippen molar-refractivity contribution in [2.45, 2.75) is 29.7 Å². The standard InChI is InChI=1S/C17H17BrN2O3S2/c1-2-3-10-19-16-17(20-15(23-16)14-5-4-11-24-14)25(21,22)13-8-6-12(18)7-9-13/h4-9,11,19H,2-3,10H2,1H3.